The molecule has 208 valence electrons. The average molecular weight is 560 g/mol. The molecule has 1 aromatic carbocycles. The third-order valence-electron chi connectivity index (χ3n) is 7.20. The Balaban J connectivity index is 1.02. The van der Waals surface area contributed by atoms with Crippen LogP contribution < -0.4 is 20.4 Å². The molecule has 2 aliphatic rings. The molecule has 13 heteroatoms. The van der Waals surface area contributed by atoms with Crippen LogP contribution in [-0.2, 0) is 0 Å². The maximum atomic E-state index is 12.4. The van der Waals surface area contributed by atoms with E-state index in [1.165, 1.54) is 0 Å². The number of rotatable bonds is 4. The molecule has 0 aliphatic carbocycles. The van der Waals surface area contributed by atoms with Crippen LogP contribution in [-0.4, -0.2) is 77.6 Å². The molecule has 42 heavy (non-hydrogen) atoms. The lowest BCUT2D eigenvalue weighted by atomic mass is 10.1. The Hall–Kier alpha value is -5.77. The summed E-state index contributed by atoms with van der Waals surface area (Å²) in [5.41, 5.74) is 3.08. The fourth-order valence-electron chi connectivity index (χ4n) is 5.32. The van der Waals surface area contributed by atoms with E-state index in [9.17, 15) is 9.90 Å². The number of benzene rings is 1. The van der Waals surface area contributed by atoms with E-state index in [2.05, 4.69) is 69.4 Å². The predicted molar refractivity (Wildman–Crippen MR) is 155 cm³/mol. The molecule has 1 fully saturated rings. The highest BCUT2D eigenvalue weighted by atomic mass is 16.3. The molecule has 0 radical (unpaired) electrons. The number of phenols is 1. The number of nitrogens with one attached hydrogen (secondary N) is 2. The zero-order valence-corrected chi connectivity index (χ0v) is 22.5. The summed E-state index contributed by atoms with van der Waals surface area (Å²) in [6.45, 7) is 3.65. The summed E-state index contributed by atoms with van der Waals surface area (Å²) in [7, 11) is 0. The monoisotopic (exact) mass is 559 g/mol. The SMILES string of the molecule is C[C@H]1CN(c2ccnc(C#CCNC(=O)c3cc4ncccn4n3)n2)C[C@H]2Nc3nnc(-c4ccccc4O)cc3N12. The number of amides is 1. The average Bonchev–Trinajstić information content (AvgIpc) is 3.61. The van der Waals surface area contributed by atoms with E-state index in [4.69, 9.17) is 0 Å². The Kier molecular flexibility index (Phi) is 6.20. The molecular formula is C29H25N11O2. The van der Waals surface area contributed by atoms with Gasteiger partial charge in [-0.2, -0.15) is 5.10 Å². The fraction of sp³-hybridized carbons (Fsp3) is 0.207. The first kappa shape index (κ1) is 25.2. The summed E-state index contributed by atoms with van der Waals surface area (Å²) in [5.74, 6) is 7.54. The smallest absolute Gasteiger partial charge is 0.272 e. The molecule has 2 aliphatic heterocycles. The normalized spacial score (nSPS) is 17.2. The van der Waals surface area contributed by atoms with Gasteiger partial charge in [0.1, 0.15) is 17.7 Å². The summed E-state index contributed by atoms with van der Waals surface area (Å²) in [6.07, 6.45) is 5.03. The second-order valence-corrected chi connectivity index (χ2v) is 9.98. The molecule has 13 nitrogen and oxygen atoms in total. The van der Waals surface area contributed by atoms with E-state index in [1.54, 1.807) is 47.4 Å². The number of hydrogen-bond donors (Lipinski definition) is 3. The summed E-state index contributed by atoms with van der Waals surface area (Å²) < 4.78 is 1.54. The van der Waals surface area contributed by atoms with Gasteiger partial charge < -0.3 is 25.5 Å². The molecule has 2 atom stereocenters. The predicted octanol–water partition coefficient (Wildman–Crippen LogP) is 1.93. The van der Waals surface area contributed by atoms with Crippen LogP contribution in [0.1, 0.15) is 23.2 Å². The highest BCUT2D eigenvalue weighted by molar-refractivity contribution is 5.93. The Bertz CT molecular complexity index is 1850. The molecule has 3 N–H and O–H groups in total. The number of hydrogen-bond acceptors (Lipinski definition) is 11. The zero-order chi connectivity index (χ0) is 28.6. The van der Waals surface area contributed by atoms with Gasteiger partial charge in [-0.25, -0.2) is 19.5 Å². The third-order valence-corrected chi connectivity index (χ3v) is 7.20. The van der Waals surface area contributed by atoms with Crippen molar-refractivity contribution < 1.29 is 9.90 Å². The maximum absolute atomic E-state index is 12.4. The molecule has 0 saturated carbocycles. The van der Waals surface area contributed by atoms with E-state index in [1.807, 2.05) is 24.3 Å². The number of nitrogens with zero attached hydrogens (tertiary/aromatic N) is 9. The Morgan fingerprint density at radius 3 is 2.90 bits per heavy atom. The number of aromatic nitrogens is 7. The van der Waals surface area contributed by atoms with Gasteiger partial charge in [-0.15, -0.1) is 10.2 Å². The molecule has 0 bridgehead atoms. The number of carbonyl (C=O) groups excluding carboxylic acids is 1. The number of anilines is 3. The summed E-state index contributed by atoms with van der Waals surface area (Å²) in [6, 6.07) is 14.5. The van der Waals surface area contributed by atoms with Crippen molar-refractivity contribution in [1.29, 1.82) is 0 Å². The van der Waals surface area contributed by atoms with Gasteiger partial charge in [0.15, 0.2) is 17.2 Å². The topological polar surface area (TPSA) is 150 Å². The molecule has 1 amide bonds. The lowest BCUT2D eigenvalue weighted by Gasteiger charge is -2.43. The van der Waals surface area contributed by atoms with E-state index >= 15 is 0 Å². The fourth-order valence-corrected chi connectivity index (χ4v) is 5.32. The molecule has 6 heterocycles. The van der Waals surface area contributed by atoms with Crippen molar-refractivity contribution in [3.05, 3.63) is 78.6 Å². The second-order valence-electron chi connectivity index (χ2n) is 9.98. The molecule has 0 unspecified atom stereocenters. The zero-order valence-electron chi connectivity index (χ0n) is 22.5. The molecule has 1 saturated heterocycles. The van der Waals surface area contributed by atoms with E-state index in [-0.39, 0.29) is 36.1 Å². The molecule has 7 rings (SSSR count). The van der Waals surface area contributed by atoms with Gasteiger partial charge in [0.25, 0.3) is 5.91 Å². The quantitative estimate of drug-likeness (QED) is 0.277. The van der Waals surface area contributed by atoms with Gasteiger partial charge in [0, 0.05) is 42.8 Å². The number of para-hydroxylation sites is 1. The van der Waals surface area contributed by atoms with E-state index in [0.29, 0.717) is 35.1 Å². The lowest BCUT2D eigenvalue weighted by Crippen LogP contribution is -2.58. The summed E-state index contributed by atoms with van der Waals surface area (Å²) in [4.78, 5) is 30.1. The largest absolute Gasteiger partial charge is 0.507 e. The Morgan fingerprint density at radius 1 is 1.12 bits per heavy atom. The molecule has 4 aromatic heterocycles. The number of phenolic OH excluding ortho intramolecular Hbond substituents is 1. The summed E-state index contributed by atoms with van der Waals surface area (Å²) in [5, 5.41) is 29.5. The van der Waals surface area contributed by atoms with Gasteiger partial charge in [0.2, 0.25) is 5.82 Å². The van der Waals surface area contributed by atoms with Crippen molar-refractivity contribution in [2.75, 3.05) is 34.8 Å². The minimum Gasteiger partial charge on any atom is -0.507 e. The van der Waals surface area contributed by atoms with E-state index < -0.39 is 0 Å². The van der Waals surface area contributed by atoms with Crippen molar-refractivity contribution >= 4 is 28.9 Å². The van der Waals surface area contributed by atoms with Crippen molar-refractivity contribution in [1.82, 2.24) is 40.1 Å². The van der Waals surface area contributed by atoms with Crippen LogP contribution in [0.25, 0.3) is 16.9 Å². The highest BCUT2D eigenvalue weighted by Gasteiger charge is 2.39. The van der Waals surface area contributed by atoms with Crippen molar-refractivity contribution in [3.8, 4) is 28.8 Å². The lowest BCUT2D eigenvalue weighted by molar-refractivity contribution is 0.0953. The minimum absolute atomic E-state index is 0.0350. The van der Waals surface area contributed by atoms with Crippen molar-refractivity contribution in [2.24, 2.45) is 0 Å². The minimum atomic E-state index is -0.334. The Morgan fingerprint density at radius 2 is 2.02 bits per heavy atom. The standard InChI is InChI=1S/C29H25N11O2/c1-18-16-38(17-27-34-28-22(40(18)27)14-20(35-36-28)19-6-2-3-7-23(19)41)25-9-12-30-24(33-25)8-4-10-32-29(42)21-15-26-31-11-5-13-39(26)37-21/h2-3,5-7,9,11-15,18,27,41H,10,16-17H2,1H3,(H,32,42)(H,34,36)/t18-,27-/m0/s1. The first-order chi connectivity index (χ1) is 20.5. The van der Waals surface area contributed by atoms with Gasteiger partial charge in [-0.1, -0.05) is 18.1 Å². The number of piperazine rings is 1. The Labute approximate surface area is 240 Å². The molecule has 0 spiro atoms. The number of fused-ring (bicyclic) bond motifs is 4. The van der Waals surface area contributed by atoms with Crippen LogP contribution in [0.2, 0.25) is 0 Å². The third kappa shape index (κ3) is 4.64. The second kappa shape index (κ2) is 10.3. The first-order valence-corrected chi connectivity index (χ1v) is 13.4. The molecule has 5 aromatic rings. The van der Waals surface area contributed by atoms with Crippen LogP contribution in [0.15, 0.2) is 67.1 Å². The number of aromatic hydroxyl groups is 1. The van der Waals surface area contributed by atoms with Crippen LogP contribution in [0.3, 0.4) is 0 Å². The van der Waals surface area contributed by atoms with Crippen LogP contribution in [0.5, 0.6) is 5.75 Å². The van der Waals surface area contributed by atoms with Gasteiger partial charge in [-0.3, -0.25) is 4.79 Å². The van der Waals surface area contributed by atoms with Crippen LogP contribution in [0.4, 0.5) is 17.3 Å². The first-order valence-electron chi connectivity index (χ1n) is 13.4. The molecular weight excluding hydrogens is 534 g/mol. The van der Waals surface area contributed by atoms with Crippen molar-refractivity contribution in [3.63, 3.8) is 0 Å². The van der Waals surface area contributed by atoms with Crippen molar-refractivity contribution in [2.45, 2.75) is 19.1 Å². The van der Waals surface area contributed by atoms with Gasteiger partial charge in [-0.05, 0) is 43.2 Å². The van der Waals surface area contributed by atoms with E-state index in [0.717, 1.165) is 18.1 Å². The van der Waals surface area contributed by atoms with Gasteiger partial charge in [0.05, 0.1) is 24.5 Å². The summed E-state index contributed by atoms with van der Waals surface area (Å²) >= 11 is 0. The highest BCUT2D eigenvalue weighted by Crippen LogP contribution is 2.40. The van der Waals surface area contributed by atoms with Gasteiger partial charge >= 0.3 is 0 Å². The van der Waals surface area contributed by atoms with Crippen LogP contribution in [0, 0.1) is 11.8 Å². The maximum Gasteiger partial charge on any atom is 0.272 e. The van der Waals surface area contributed by atoms with Crippen LogP contribution >= 0.6 is 0 Å². The number of carbonyl (C=O) groups is 1.